The molecule has 4 N–H and O–H groups in total. The highest BCUT2D eigenvalue weighted by Crippen LogP contribution is 2.25. The van der Waals surface area contributed by atoms with Gasteiger partial charge in [-0.2, -0.15) is 0 Å². The lowest BCUT2D eigenvalue weighted by atomic mass is 9.97. The number of carbonyl (C=O) groups excluding carboxylic acids is 2. The van der Waals surface area contributed by atoms with Gasteiger partial charge >= 0.3 is 12.0 Å². The van der Waals surface area contributed by atoms with Crippen molar-refractivity contribution in [3.63, 3.8) is 0 Å². The zero-order chi connectivity index (χ0) is 17.7. The summed E-state index contributed by atoms with van der Waals surface area (Å²) in [5.74, 6) is -2.11. The summed E-state index contributed by atoms with van der Waals surface area (Å²) < 4.78 is 0. The Bertz CT molecular complexity index is 455. The van der Waals surface area contributed by atoms with Crippen LogP contribution in [0, 0.1) is 5.92 Å². The summed E-state index contributed by atoms with van der Waals surface area (Å²) >= 11 is 0. The first-order chi connectivity index (χ1) is 10.7. The van der Waals surface area contributed by atoms with Gasteiger partial charge in [0, 0.05) is 38.1 Å². The van der Waals surface area contributed by atoms with Crippen molar-refractivity contribution in [1.82, 2.24) is 15.1 Å². The van der Waals surface area contributed by atoms with Crippen molar-refractivity contribution in [3.05, 3.63) is 0 Å². The van der Waals surface area contributed by atoms with E-state index < -0.39 is 24.0 Å². The summed E-state index contributed by atoms with van der Waals surface area (Å²) in [6, 6.07) is -1.53. The average molecular weight is 328 g/mol. The van der Waals surface area contributed by atoms with E-state index in [1.165, 1.54) is 4.90 Å². The second-order valence-electron chi connectivity index (χ2n) is 6.07. The molecule has 0 aromatic rings. The summed E-state index contributed by atoms with van der Waals surface area (Å²) in [6.07, 6.45) is 0.303. The minimum atomic E-state index is -1.05. The van der Waals surface area contributed by atoms with E-state index in [2.05, 4.69) is 5.32 Å². The van der Waals surface area contributed by atoms with Crippen LogP contribution in [-0.4, -0.2) is 70.6 Å². The van der Waals surface area contributed by atoms with Crippen molar-refractivity contribution in [2.24, 2.45) is 11.7 Å². The largest absolute Gasteiger partial charge is 0.481 e. The number of nitrogens with two attached hydrogens (primary N) is 1. The molecule has 1 fully saturated rings. The minimum absolute atomic E-state index is 0.00140. The Morgan fingerprint density at radius 2 is 1.96 bits per heavy atom. The van der Waals surface area contributed by atoms with E-state index in [1.54, 1.807) is 11.8 Å². The first kappa shape index (κ1) is 19.2. The number of aliphatic carboxylic acids is 1. The molecule has 8 nitrogen and oxygen atoms in total. The number of hydrogen-bond acceptors (Lipinski definition) is 4. The molecule has 0 saturated carbocycles. The fourth-order valence-corrected chi connectivity index (χ4v) is 2.99. The molecule has 1 rings (SSSR count). The number of amides is 3. The zero-order valence-electron chi connectivity index (χ0n) is 14.3. The fourth-order valence-electron chi connectivity index (χ4n) is 2.99. The SMILES string of the molecule is CCC(=O)NC[C@H]1[C@@H](C(=O)O)[C@@H](N)CN1C(=O)N(CC)C(C)C. The lowest BCUT2D eigenvalue weighted by molar-refractivity contribution is -0.143. The highest BCUT2D eigenvalue weighted by molar-refractivity contribution is 5.80. The number of carboxylic acid groups (broad SMARTS) is 1. The normalized spacial score (nSPS) is 23.9. The van der Waals surface area contributed by atoms with Gasteiger partial charge in [0.1, 0.15) is 0 Å². The third kappa shape index (κ3) is 4.34. The lowest BCUT2D eigenvalue weighted by Crippen LogP contribution is -2.52. The van der Waals surface area contributed by atoms with Crippen LogP contribution in [0.2, 0.25) is 0 Å². The van der Waals surface area contributed by atoms with Gasteiger partial charge in [0.05, 0.1) is 12.0 Å². The Morgan fingerprint density at radius 1 is 1.35 bits per heavy atom. The van der Waals surface area contributed by atoms with E-state index in [0.717, 1.165) is 0 Å². The molecule has 132 valence electrons. The molecule has 0 bridgehead atoms. The molecule has 0 aliphatic carbocycles. The van der Waals surface area contributed by atoms with Crippen molar-refractivity contribution in [2.75, 3.05) is 19.6 Å². The van der Waals surface area contributed by atoms with Crippen LogP contribution in [0.3, 0.4) is 0 Å². The first-order valence-electron chi connectivity index (χ1n) is 8.06. The van der Waals surface area contributed by atoms with Crippen LogP contribution >= 0.6 is 0 Å². The molecule has 1 heterocycles. The number of carbonyl (C=O) groups is 3. The summed E-state index contributed by atoms with van der Waals surface area (Å²) in [4.78, 5) is 38.9. The summed E-state index contributed by atoms with van der Waals surface area (Å²) in [7, 11) is 0. The number of hydrogen-bond donors (Lipinski definition) is 3. The molecule has 3 atom stereocenters. The molecule has 0 aromatic carbocycles. The molecule has 1 saturated heterocycles. The topological polar surface area (TPSA) is 116 Å². The van der Waals surface area contributed by atoms with Crippen LogP contribution in [0.1, 0.15) is 34.1 Å². The van der Waals surface area contributed by atoms with Crippen molar-refractivity contribution in [3.8, 4) is 0 Å². The van der Waals surface area contributed by atoms with Gasteiger partial charge < -0.3 is 26.0 Å². The fraction of sp³-hybridized carbons (Fsp3) is 0.800. The summed E-state index contributed by atoms with van der Waals surface area (Å²) in [5.41, 5.74) is 5.95. The van der Waals surface area contributed by atoms with Crippen molar-refractivity contribution < 1.29 is 19.5 Å². The van der Waals surface area contributed by atoms with Crippen LogP contribution in [0.4, 0.5) is 4.79 Å². The minimum Gasteiger partial charge on any atom is -0.481 e. The Hall–Kier alpha value is -1.83. The van der Waals surface area contributed by atoms with Crippen molar-refractivity contribution in [2.45, 2.75) is 52.2 Å². The molecule has 1 aliphatic rings. The monoisotopic (exact) mass is 328 g/mol. The molecule has 0 aromatic heterocycles. The van der Waals surface area contributed by atoms with E-state index in [1.807, 2.05) is 20.8 Å². The Labute approximate surface area is 137 Å². The van der Waals surface area contributed by atoms with Gasteiger partial charge in [-0.15, -0.1) is 0 Å². The van der Waals surface area contributed by atoms with E-state index >= 15 is 0 Å². The van der Waals surface area contributed by atoms with Crippen LogP contribution in [0.25, 0.3) is 0 Å². The maximum atomic E-state index is 12.7. The number of urea groups is 1. The standard InChI is InChI=1S/C15H28N4O4/c1-5-12(20)17-7-11-13(14(21)22)10(16)8-19(11)15(23)18(6-2)9(3)4/h9-11,13H,5-8,16H2,1-4H3,(H,17,20)(H,21,22)/t10-,11-,13-/m0/s1. The highest BCUT2D eigenvalue weighted by atomic mass is 16.4. The number of likely N-dealkylation sites (tertiary alicyclic amines) is 1. The molecule has 8 heteroatoms. The second kappa shape index (κ2) is 8.14. The van der Waals surface area contributed by atoms with Crippen LogP contribution in [0.15, 0.2) is 0 Å². The van der Waals surface area contributed by atoms with E-state index in [0.29, 0.717) is 13.0 Å². The zero-order valence-corrected chi connectivity index (χ0v) is 14.3. The number of carboxylic acids is 1. The van der Waals surface area contributed by atoms with Crippen LogP contribution < -0.4 is 11.1 Å². The second-order valence-corrected chi connectivity index (χ2v) is 6.07. The molecule has 0 unspecified atom stereocenters. The molecular formula is C15H28N4O4. The molecule has 1 aliphatic heterocycles. The average Bonchev–Trinajstić information content (AvgIpc) is 2.81. The Balaban J connectivity index is 3.00. The van der Waals surface area contributed by atoms with Crippen molar-refractivity contribution >= 4 is 17.9 Å². The first-order valence-corrected chi connectivity index (χ1v) is 8.06. The predicted octanol–water partition coefficient (Wildman–Crippen LogP) is 0.0752. The highest BCUT2D eigenvalue weighted by Gasteiger charge is 2.47. The number of nitrogens with one attached hydrogen (secondary N) is 1. The molecule has 23 heavy (non-hydrogen) atoms. The third-order valence-electron chi connectivity index (χ3n) is 4.25. The maximum absolute atomic E-state index is 12.7. The van der Waals surface area contributed by atoms with E-state index in [9.17, 15) is 19.5 Å². The molecule has 0 spiro atoms. The van der Waals surface area contributed by atoms with Gasteiger partial charge in [-0.1, -0.05) is 6.92 Å². The predicted molar refractivity (Wildman–Crippen MR) is 85.8 cm³/mol. The molecule has 0 radical (unpaired) electrons. The summed E-state index contributed by atoms with van der Waals surface area (Å²) in [6.45, 7) is 8.18. The third-order valence-corrected chi connectivity index (χ3v) is 4.25. The van der Waals surface area contributed by atoms with Gasteiger partial charge in [0.25, 0.3) is 0 Å². The number of rotatable bonds is 6. The van der Waals surface area contributed by atoms with Crippen LogP contribution in [0.5, 0.6) is 0 Å². The van der Waals surface area contributed by atoms with Crippen molar-refractivity contribution in [1.29, 1.82) is 0 Å². The van der Waals surface area contributed by atoms with Gasteiger partial charge in [-0.25, -0.2) is 4.79 Å². The quantitative estimate of drug-likeness (QED) is 0.638. The van der Waals surface area contributed by atoms with Gasteiger partial charge in [-0.3, -0.25) is 9.59 Å². The van der Waals surface area contributed by atoms with E-state index in [4.69, 9.17) is 5.73 Å². The van der Waals surface area contributed by atoms with Crippen LogP contribution in [-0.2, 0) is 9.59 Å². The van der Waals surface area contributed by atoms with Gasteiger partial charge in [0.15, 0.2) is 0 Å². The molecular weight excluding hydrogens is 300 g/mol. The smallest absolute Gasteiger partial charge is 0.320 e. The Kier molecular flexibility index (Phi) is 6.80. The van der Waals surface area contributed by atoms with Gasteiger partial charge in [0.2, 0.25) is 5.91 Å². The van der Waals surface area contributed by atoms with E-state index in [-0.39, 0.29) is 31.1 Å². The lowest BCUT2D eigenvalue weighted by Gasteiger charge is -2.34. The maximum Gasteiger partial charge on any atom is 0.320 e. The number of nitrogens with zero attached hydrogens (tertiary/aromatic N) is 2. The summed E-state index contributed by atoms with van der Waals surface area (Å²) in [5, 5.41) is 12.1. The Morgan fingerprint density at radius 3 is 2.39 bits per heavy atom. The molecule has 3 amide bonds. The van der Waals surface area contributed by atoms with Gasteiger partial charge in [-0.05, 0) is 20.8 Å².